The molecule has 1 aromatic heterocycles. The number of carbonyl (C=O) groups excluding carboxylic acids is 1. The zero-order chi connectivity index (χ0) is 12.7. The summed E-state index contributed by atoms with van der Waals surface area (Å²) >= 11 is 0. The average molecular weight is 239 g/mol. The van der Waals surface area contributed by atoms with Gasteiger partial charge in [0, 0.05) is 6.54 Å². The van der Waals surface area contributed by atoms with Crippen molar-refractivity contribution in [1.29, 1.82) is 0 Å². The molecule has 0 fully saturated rings. The molecule has 0 amide bonds. The summed E-state index contributed by atoms with van der Waals surface area (Å²) in [5.74, 6) is 0.0172. The van der Waals surface area contributed by atoms with Gasteiger partial charge in [-0.1, -0.05) is 0 Å². The van der Waals surface area contributed by atoms with Crippen molar-refractivity contribution >= 4 is 11.8 Å². The molecule has 1 rings (SSSR count). The van der Waals surface area contributed by atoms with Crippen LogP contribution < -0.4 is 5.32 Å². The van der Waals surface area contributed by atoms with Crippen molar-refractivity contribution in [1.82, 2.24) is 9.97 Å². The van der Waals surface area contributed by atoms with Crippen LogP contribution in [0.5, 0.6) is 0 Å². The maximum atomic E-state index is 11.2. The maximum Gasteiger partial charge on any atom is 0.358 e. The van der Waals surface area contributed by atoms with Crippen LogP contribution >= 0.6 is 0 Å². The molecule has 0 aliphatic rings. The van der Waals surface area contributed by atoms with Crippen LogP contribution in [0.4, 0.5) is 5.82 Å². The van der Waals surface area contributed by atoms with Gasteiger partial charge in [-0.05, 0) is 19.8 Å². The number of carbonyl (C=O) groups is 1. The van der Waals surface area contributed by atoms with Gasteiger partial charge < -0.3 is 15.2 Å². The number of nitrogens with one attached hydrogen (secondary N) is 1. The van der Waals surface area contributed by atoms with E-state index >= 15 is 0 Å². The molecule has 0 aliphatic heterocycles. The first-order valence-corrected chi connectivity index (χ1v) is 5.45. The number of aliphatic hydroxyl groups excluding tert-OH is 1. The van der Waals surface area contributed by atoms with E-state index in [-0.39, 0.29) is 11.8 Å². The fraction of sp³-hybridized carbons (Fsp3) is 0.545. The number of nitrogens with zero attached hydrogens (tertiary/aromatic N) is 2. The second kappa shape index (κ2) is 6.80. The highest BCUT2D eigenvalue weighted by molar-refractivity contribution is 5.87. The SMILES string of the molecule is COC(=O)c1cncc(NCCCC(C)O)n1. The molecule has 17 heavy (non-hydrogen) atoms. The van der Waals surface area contributed by atoms with Crippen molar-refractivity contribution in [2.75, 3.05) is 19.0 Å². The summed E-state index contributed by atoms with van der Waals surface area (Å²) in [6.07, 6.45) is 4.13. The van der Waals surface area contributed by atoms with Gasteiger partial charge in [-0.3, -0.25) is 4.98 Å². The second-order valence-corrected chi connectivity index (χ2v) is 3.70. The first-order chi connectivity index (χ1) is 8.13. The highest BCUT2D eigenvalue weighted by Crippen LogP contribution is 2.04. The first kappa shape index (κ1) is 13.4. The minimum Gasteiger partial charge on any atom is -0.464 e. The monoisotopic (exact) mass is 239 g/mol. The molecule has 0 spiro atoms. The summed E-state index contributed by atoms with van der Waals surface area (Å²) in [6.45, 7) is 2.42. The molecule has 0 radical (unpaired) electrons. The molecule has 94 valence electrons. The Hall–Kier alpha value is -1.69. The number of esters is 1. The molecule has 0 saturated heterocycles. The van der Waals surface area contributed by atoms with Crippen LogP contribution in [0.15, 0.2) is 12.4 Å². The molecule has 0 saturated carbocycles. The Kier molecular flexibility index (Phi) is 5.35. The van der Waals surface area contributed by atoms with E-state index in [1.807, 2.05) is 0 Å². The summed E-state index contributed by atoms with van der Waals surface area (Å²) in [5.41, 5.74) is 0.174. The molecule has 2 N–H and O–H groups in total. The van der Waals surface area contributed by atoms with Crippen molar-refractivity contribution in [2.24, 2.45) is 0 Å². The number of ether oxygens (including phenoxy) is 1. The topological polar surface area (TPSA) is 84.3 Å². The predicted molar refractivity (Wildman–Crippen MR) is 62.8 cm³/mol. The van der Waals surface area contributed by atoms with Gasteiger partial charge in [-0.2, -0.15) is 0 Å². The molecule has 1 aromatic rings. The quantitative estimate of drug-likeness (QED) is 0.565. The minimum absolute atomic E-state index is 0.174. The Morgan fingerprint density at radius 3 is 3.00 bits per heavy atom. The summed E-state index contributed by atoms with van der Waals surface area (Å²) in [7, 11) is 1.30. The minimum atomic E-state index is -0.509. The van der Waals surface area contributed by atoms with E-state index in [1.54, 1.807) is 6.92 Å². The van der Waals surface area contributed by atoms with Crippen LogP contribution in [-0.2, 0) is 4.74 Å². The molecule has 0 aliphatic carbocycles. The summed E-state index contributed by atoms with van der Waals surface area (Å²) < 4.78 is 4.55. The third kappa shape index (κ3) is 4.78. The van der Waals surface area contributed by atoms with E-state index in [4.69, 9.17) is 5.11 Å². The number of aliphatic hydroxyl groups is 1. The van der Waals surface area contributed by atoms with E-state index in [0.717, 1.165) is 12.8 Å². The Morgan fingerprint density at radius 2 is 2.35 bits per heavy atom. The van der Waals surface area contributed by atoms with Gasteiger partial charge >= 0.3 is 5.97 Å². The van der Waals surface area contributed by atoms with Crippen LogP contribution in [0, 0.1) is 0 Å². The van der Waals surface area contributed by atoms with Crippen molar-refractivity contribution in [3.63, 3.8) is 0 Å². The van der Waals surface area contributed by atoms with Crippen LogP contribution in [0.3, 0.4) is 0 Å². The van der Waals surface area contributed by atoms with Gasteiger partial charge in [0.15, 0.2) is 5.69 Å². The number of rotatable bonds is 6. The second-order valence-electron chi connectivity index (χ2n) is 3.70. The van der Waals surface area contributed by atoms with Crippen molar-refractivity contribution in [3.8, 4) is 0 Å². The summed E-state index contributed by atoms with van der Waals surface area (Å²) in [6, 6.07) is 0. The lowest BCUT2D eigenvalue weighted by molar-refractivity contribution is 0.0593. The molecular weight excluding hydrogens is 222 g/mol. The number of hydrogen-bond acceptors (Lipinski definition) is 6. The highest BCUT2D eigenvalue weighted by Gasteiger charge is 2.08. The van der Waals surface area contributed by atoms with Gasteiger partial charge in [-0.25, -0.2) is 9.78 Å². The average Bonchev–Trinajstić information content (AvgIpc) is 2.34. The van der Waals surface area contributed by atoms with Gasteiger partial charge in [0.25, 0.3) is 0 Å². The Labute approximate surface area is 100 Å². The van der Waals surface area contributed by atoms with Crippen molar-refractivity contribution in [3.05, 3.63) is 18.1 Å². The largest absolute Gasteiger partial charge is 0.464 e. The lowest BCUT2D eigenvalue weighted by Crippen LogP contribution is -2.10. The lowest BCUT2D eigenvalue weighted by Gasteiger charge is -2.07. The van der Waals surface area contributed by atoms with E-state index in [2.05, 4.69) is 20.0 Å². The van der Waals surface area contributed by atoms with Gasteiger partial charge in [0.1, 0.15) is 5.82 Å². The van der Waals surface area contributed by atoms with E-state index in [0.29, 0.717) is 12.4 Å². The number of aromatic nitrogens is 2. The van der Waals surface area contributed by atoms with Gasteiger partial charge in [-0.15, -0.1) is 0 Å². The standard InChI is InChI=1S/C11H17N3O3/c1-8(15)4-3-5-13-10-7-12-6-9(14-10)11(16)17-2/h6-8,15H,3-5H2,1-2H3,(H,13,14). The smallest absolute Gasteiger partial charge is 0.358 e. The van der Waals surface area contributed by atoms with Crippen LogP contribution in [-0.4, -0.2) is 40.8 Å². The van der Waals surface area contributed by atoms with E-state index in [1.165, 1.54) is 19.5 Å². The maximum absolute atomic E-state index is 11.2. The zero-order valence-electron chi connectivity index (χ0n) is 10.0. The van der Waals surface area contributed by atoms with Crippen LogP contribution in [0.25, 0.3) is 0 Å². The number of anilines is 1. The Balaban J connectivity index is 2.46. The summed E-state index contributed by atoms with van der Waals surface area (Å²) in [4.78, 5) is 19.1. The highest BCUT2D eigenvalue weighted by atomic mass is 16.5. The fourth-order valence-electron chi connectivity index (χ4n) is 1.27. The molecule has 1 unspecified atom stereocenters. The molecule has 0 aromatic carbocycles. The number of hydrogen-bond donors (Lipinski definition) is 2. The van der Waals surface area contributed by atoms with E-state index < -0.39 is 5.97 Å². The molecule has 0 bridgehead atoms. The van der Waals surface area contributed by atoms with Crippen LogP contribution in [0.2, 0.25) is 0 Å². The molecule has 6 nitrogen and oxygen atoms in total. The molecule has 6 heteroatoms. The third-order valence-corrected chi connectivity index (χ3v) is 2.13. The molecular formula is C11H17N3O3. The van der Waals surface area contributed by atoms with Gasteiger partial charge in [0.2, 0.25) is 0 Å². The Bertz CT molecular complexity index is 369. The molecule has 1 atom stereocenters. The predicted octanol–water partition coefficient (Wildman–Crippen LogP) is 0.836. The third-order valence-electron chi connectivity index (χ3n) is 2.13. The Morgan fingerprint density at radius 1 is 1.59 bits per heavy atom. The lowest BCUT2D eigenvalue weighted by atomic mass is 10.2. The van der Waals surface area contributed by atoms with Crippen molar-refractivity contribution < 1.29 is 14.6 Å². The van der Waals surface area contributed by atoms with E-state index in [9.17, 15) is 4.79 Å². The first-order valence-electron chi connectivity index (χ1n) is 5.45. The van der Waals surface area contributed by atoms with Gasteiger partial charge in [0.05, 0.1) is 25.6 Å². The normalized spacial score (nSPS) is 11.9. The van der Waals surface area contributed by atoms with Crippen LogP contribution in [0.1, 0.15) is 30.3 Å². The molecule has 1 heterocycles. The van der Waals surface area contributed by atoms with Crippen molar-refractivity contribution in [2.45, 2.75) is 25.9 Å². The summed E-state index contributed by atoms with van der Waals surface area (Å²) in [5, 5.41) is 12.1. The zero-order valence-corrected chi connectivity index (χ0v) is 10.0. The fourth-order valence-corrected chi connectivity index (χ4v) is 1.27. The number of methoxy groups -OCH3 is 1.